The lowest BCUT2D eigenvalue weighted by molar-refractivity contribution is -0.687. The first-order valence-electron chi connectivity index (χ1n) is 9.38. The molecule has 0 saturated heterocycles. The number of amides is 2. The van der Waals surface area contributed by atoms with Gasteiger partial charge in [0, 0.05) is 11.6 Å². The number of carbonyl (C=O) groups excluding carboxylic acids is 2. The summed E-state index contributed by atoms with van der Waals surface area (Å²) in [5, 5.41) is 17.1. The number of rotatable bonds is 10. The van der Waals surface area contributed by atoms with Crippen LogP contribution in [0.4, 0.5) is 5.69 Å². The number of benzene rings is 1. The number of nitrogens with two attached hydrogens (primary N) is 1. The van der Waals surface area contributed by atoms with Gasteiger partial charge in [0.05, 0.1) is 6.10 Å². The number of carbonyl (C=O) groups is 2. The number of para-hydroxylation sites is 1. The minimum absolute atomic E-state index is 0.0886. The zero-order valence-electron chi connectivity index (χ0n) is 16.5. The average molecular weight is 365 g/mol. The Morgan fingerprint density at radius 1 is 1.04 bits per heavy atom. The smallest absolute Gasteiger partial charge is 0.279 e. The summed E-state index contributed by atoms with van der Waals surface area (Å²) in [5.41, 5.74) is 0.710. The van der Waals surface area contributed by atoms with Crippen LogP contribution < -0.4 is 16.0 Å². The summed E-state index contributed by atoms with van der Waals surface area (Å²) in [7, 11) is 0. The van der Waals surface area contributed by atoms with Crippen molar-refractivity contribution in [3.63, 3.8) is 0 Å². The van der Waals surface area contributed by atoms with Gasteiger partial charge >= 0.3 is 0 Å². The highest BCUT2D eigenvalue weighted by Crippen LogP contribution is 2.11. The monoisotopic (exact) mass is 364 g/mol. The lowest BCUT2D eigenvalue weighted by atomic mass is 9.99. The molecule has 0 aliphatic heterocycles. The van der Waals surface area contributed by atoms with Crippen molar-refractivity contribution >= 4 is 17.5 Å². The van der Waals surface area contributed by atoms with Crippen LogP contribution in [0.3, 0.4) is 0 Å². The van der Waals surface area contributed by atoms with Crippen molar-refractivity contribution in [2.75, 3.05) is 11.9 Å². The SMILES string of the molecule is CC(C)C[C@H](NC(=O)[C@@H]([NH2+]C[C@@H](C)O)C(C)C)C(=O)Nc1ccccc1. The summed E-state index contributed by atoms with van der Waals surface area (Å²) in [6.45, 7) is 10.1. The predicted octanol–water partition coefficient (Wildman–Crippen LogP) is 1.12. The van der Waals surface area contributed by atoms with Crippen molar-refractivity contribution < 1.29 is 20.0 Å². The summed E-state index contributed by atoms with van der Waals surface area (Å²) < 4.78 is 0. The largest absolute Gasteiger partial charge is 0.388 e. The lowest BCUT2D eigenvalue weighted by Crippen LogP contribution is -2.95. The van der Waals surface area contributed by atoms with Gasteiger partial charge in [-0.25, -0.2) is 0 Å². The highest BCUT2D eigenvalue weighted by Gasteiger charge is 2.30. The zero-order chi connectivity index (χ0) is 19.7. The maximum Gasteiger partial charge on any atom is 0.279 e. The van der Waals surface area contributed by atoms with E-state index in [0.29, 0.717) is 18.7 Å². The molecule has 0 saturated carbocycles. The van der Waals surface area contributed by atoms with E-state index in [1.54, 1.807) is 6.92 Å². The van der Waals surface area contributed by atoms with E-state index < -0.39 is 12.1 Å². The fourth-order valence-corrected chi connectivity index (χ4v) is 2.75. The molecule has 6 heteroatoms. The molecule has 0 radical (unpaired) electrons. The molecular formula is C20H34N3O3+. The maximum atomic E-state index is 12.7. The van der Waals surface area contributed by atoms with Crippen molar-refractivity contribution in [1.29, 1.82) is 0 Å². The van der Waals surface area contributed by atoms with Crippen molar-refractivity contribution in [3.8, 4) is 0 Å². The third-order valence-electron chi connectivity index (χ3n) is 4.13. The van der Waals surface area contributed by atoms with Gasteiger partial charge in [-0.05, 0) is 31.4 Å². The number of nitrogens with one attached hydrogen (secondary N) is 2. The van der Waals surface area contributed by atoms with E-state index in [-0.39, 0.29) is 29.7 Å². The van der Waals surface area contributed by atoms with Crippen molar-refractivity contribution in [2.24, 2.45) is 11.8 Å². The Kier molecular flexibility index (Phi) is 9.30. The van der Waals surface area contributed by atoms with Crippen LogP contribution >= 0.6 is 0 Å². The molecule has 0 aliphatic rings. The van der Waals surface area contributed by atoms with Gasteiger partial charge in [-0.1, -0.05) is 45.9 Å². The number of aliphatic hydroxyl groups is 1. The van der Waals surface area contributed by atoms with Crippen molar-refractivity contribution in [1.82, 2.24) is 5.32 Å². The third-order valence-corrected chi connectivity index (χ3v) is 4.13. The number of hydrogen-bond acceptors (Lipinski definition) is 3. The van der Waals surface area contributed by atoms with Crippen LogP contribution in [0.5, 0.6) is 0 Å². The molecule has 0 unspecified atom stereocenters. The molecule has 6 nitrogen and oxygen atoms in total. The van der Waals surface area contributed by atoms with Crippen LogP contribution in [-0.4, -0.2) is 41.7 Å². The fourth-order valence-electron chi connectivity index (χ4n) is 2.75. The van der Waals surface area contributed by atoms with Crippen molar-refractivity contribution in [2.45, 2.75) is 59.2 Å². The molecule has 1 aromatic rings. The van der Waals surface area contributed by atoms with E-state index in [2.05, 4.69) is 10.6 Å². The molecule has 0 heterocycles. The van der Waals surface area contributed by atoms with Gasteiger partial charge in [-0.3, -0.25) is 9.59 Å². The zero-order valence-corrected chi connectivity index (χ0v) is 16.5. The molecule has 0 spiro atoms. The van der Waals surface area contributed by atoms with E-state index in [9.17, 15) is 14.7 Å². The van der Waals surface area contributed by atoms with Gasteiger partial charge in [0.2, 0.25) is 5.91 Å². The molecule has 5 N–H and O–H groups in total. The Bertz CT molecular complexity index is 559. The van der Waals surface area contributed by atoms with Crippen LogP contribution in [0.2, 0.25) is 0 Å². The Morgan fingerprint density at radius 3 is 2.15 bits per heavy atom. The minimum atomic E-state index is -0.594. The first-order valence-corrected chi connectivity index (χ1v) is 9.38. The molecular weight excluding hydrogens is 330 g/mol. The predicted molar refractivity (Wildman–Crippen MR) is 104 cm³/mol. The number of hydrogen-bond donors (Lipinski definition) is 4. The summed E-state index contributed by atoms with van der Waals surface area (Å²) in [5.74, 6) is -0.0304. The van der Waals surface area contributed by atoms with E-state index in [1.165, 1.54) is 0 Å². The molecule has 0 aromatic heterocycles. The summed E-state index contributed by atoms with van der Waals surface area (Å²) in [6, 6.07) is 8.29. The van der Waals surface area contributed by atoms with E-state index >= 15 is 0 Å². The van der Waals surface area contributed by atoms with Gasteiger partial charge in [0.1, 0.15) is 12.6 Å². The molecule has 0 bridgehead atoms. The normalized spacial score (nSPS) is 14.8. The van der Waals surface area contributed by atoms with Crippen LogP contribution in [0, 0.1) is 11.8 Å². The quantitative estimate of drug-likeness (QED) is 0.501. The number of aliphatic hydroxyl groups excluding tert-OH is 1. The highest BCUT2D eigenvalue weighted by molar-refractivity contribution is 5.97. The highest BCUT2D eigenvalue weighted by atomic mass is 16.3. The van der Waals surface area contributed by atoms with E-state index in [0.717, 1.165) is 0 Å². The van der Waals surface area contributed by atoms with Crippen LogP contribution in [0.15, 0.2) is 30.3 Å². The topological polar surface area (TPSA) is 95.0 Å². The molecule has 146 valence electrons. The Balaban J connectivity index is 2.80. The van der Waals surface area contributed by atoms with Crippen LogP contribution in [0.1, 0.15) is 41.0 Å². The standard InChI is InChI=1S/C20H33N3O3/c1-13(2)11-17(19(25)22-16-9-7-6-8-10-16)23-20(26)18(14(3)4)21-12-15(5)24/h6-10,13-15,17-18,21,24H,11-12H2,1-5H3,(H,22,25)(H,23,26)/p+1/t15-,17+,18+/m1/s1. The van der Waals surface area contributed by atoms with Gasteiger partial charge in [-0.15, -0.1) is 0 Å². The van der Waals surface area contributed by atoms with Gasteiger partial charge in [0.25, 0.3) is 5.91 Å². The first-order chi connectivity index (χ1) is 12.2. The maximum absolute atomic E-state index is 12.7. The molecule has 26 heavy (non-hydrogen) atoms. The van der Waals surface area contributed by atoms with E-state index in [4.69, 9.17) is 0 Å². The van der Waals surface area contributed by atoms with Crippen molar-refractivity contribution in [3.05, 3.63) is 30.3 Å². The first kappa shape index (κ1) is 22.1. The van der Waals surface area contributed by atoms with Crippen LogP contribution in [0.25, 0.3) is 0 Å². The Labute approximate surface area is 156 Å². The number of anilines is 1. The molecule has 3 atom stereocenters. The summed E-state index contributed by atoms with van der Waals surface area (Å²) in [6.07, 6.45) is 0.0721. The average Bonchev–Trinajstić information content (AvgIpc) is 2.54. The van der Waals surface area contributed by atoms with Gasteiger partial charge in [0.15, 0.2) is 6.04 Å². The van der Waals surface area contributed by atoms with E-state index in [1.807, 2.05) is 63.3 Å². The second-order valence-corrected chi connectivity index (χ2v) is 7.64. The second-order valence-electron chi connectivity index (χ2n) is 7.64. The Hall–Kier alpha value is -1.92. The summed E-state index contributed by atoms with van der Waals surface area (Å²) in [4.78, 5) is 25.4. The fraction of sp³-hybridized carbons (Fsp3) is 0.600. The summed E-state index contributed by atoms with van der Waals surface area (Å²) >= 11 is 0. The van der Waals surface area contributed by atoms with Crippen LogP contribution in [-0.2, 0) is 9.59 Å². The molecule has 0 fully saturated rings. The lowest BCUT2D eigenvalue weighted by Gasteiger charge is -2.24. The molecule has 1 aromatic carbocycles. The second kappa shape index (κ2) is 10.9. The minimum Gasteiger partial charge on any atom is -0.388 e. The third kappa shape index (κ3) is 7.97. The van der Waals surface area contributed by atoms with Gasteiger partial charge in [-0.2, -0.15) is 0 Å². The molecule has 0 aliphatic carbocycles. The van der Waals surface area contributed by atoms with Gasteiger partial charge < -0.3 is 21.1 Å². The Morgan fingerprint density at radius 2 is 1.65 bits per heavy atom. The molecule has 2 amide bonds. The molecule has 1 rings (SSSR count). The number of quaternary nitrogens is 1.